The Hall–Kier alpha value is -0.160. The van der Waals surface area contributed by atoms with Gasteiger partial charge in [-0.1, -0.05) is 18.2 Å². The molecule has 0 aliphatic rings. The summed E-state index contributed by atoms with van der Waals surface area (Å²) in [5, 5.41) is 1.19. The molecule has 1 nitrogen and oxygen atoms in total. The number of pyridine rings is 1. The van der Waals surface area contributed by atoms with Gasteiger partial charge in [-0.3, -0.25) is 4.98 Å². The lowest BCUT2D eigenvalue weighted by Crippen LogP contribution is -1.92. The quantitative estimate of drug-likeness (QED) is 0.640. The number of hydrogen-bond acceptors (Lipinski definition) is 1. The van der Waals surface area contributed by atoms with E-state index in [0.29, 0.717) is 0 Å². The van der Waals surface area contributed by atoms with Crippen LogP contribution in [0.3, 0.4) is 0 Å². The highest BCUT2D eigenvalue weighted by Crippen LogP contribution is 2.30. The van der Waals surface area contributed by atoms with Gasteiger partial charge in [0.15, 0.2) is 0 Å². The molecule has 0 atom stereocenters. The number of rotatable bonds is 0. The molecule has 1 aromatic heterocycles. The Balaban J connectivity index is 2.98. The van der Waals surface area contributed by atoms with Crippen LogP contribution in [-0.2, 0) is 0 Å². The predicted octanol–water partition coefficient (Wildman–Crippen LogP) is 4.22. The summed E-state index contributed by atoms with van der Waals surface area (Å²) in [5.41, 5.74) is 3.40. The van der Waals surface area contributed by atoms with E-state index in [9.17, 15) is 0 Å². The Morgan fingerprint density at radius 3 is 2.71 bits per heavy atom. The first-order valence-corrected chi connectivity index (χ1v) is 6.19. The molecular weight excluding hydrogens is 353 g/mol. The fourth-order valence-electron chi connectivity index (χ4n) is 1.48. The molecule has 1 heterocycles. The lowest BCUT2D eigenvalue weighted by atomic mass is 10.1. The van der Waals surface area contributed by atoms with Gasteiger partial charge < -0.3 is 0 Å². The molecule has 0 aliphatic carbocycles. The van der Waals surface area contributed by atoms with Crippen molar-refractivity contribution in [1.29, 1.82) is 0 Å². The third kappa shape index (κ3) is 1.56. The molecule has 0 bridgehead atoms. The van der Waals surface area contributed by atoms with Gasteiger partial charge in [0.05, 0.1) is 11.2 Å². The molecular formula is C11H9BrIN. The van der Waals surface area contributed by atoms with Crippen LogP contribution in [0.25, 0.3) is 10.9 Å². The van der Waals surface area contributed by atoms with Crippen LogP contribution in [0.1, 0.15) is 11.3 Å². The highest BCUT2D eigenvalue weighted by Gasteiger charge is 2.08. The number of benzene rings is 1. The van der Waals surface area contributed by atoms with Crippen LogP contribution in [0.15, 0.2) is 22.7 Å². The lowest BCUT2D eigenvalue weighted by molar-refractivity contribution is 1.21. The third-order valence-corrected chi connectivity index (χ3v) is 5.15. The molecule has 2 rings (SSSR count). The van der Waals surface area contributed by atoms with Crippen LogP contribution in [0.5, 0.6) is 0 Å². The lowest BCUT2D eigenvalue weighted by Gasteiger charge is -2.07. The number of hydrogen-bond donors (Lipinski definition) is 0. The van der Waals surface area contributed by atoms with Crippen LogP contribution in [0.2, 0.25) is 0 Å². The highest BCUT2D eigenvalue weighted by atomic mass is 127. The van der Waals surface area contributed by atoms with Crippen molar-refractivity contribution >= 4 is 49.4 Å². The molecule has 0 fully saturated rings. The minimum Gasteiger partial charge on any atom is -0.252 e. The summed E-state index contributed by atoms with van der Waals surface area (Å²) in [4.78, 5) is 4.60. The first-order chi connectivity index (χ1) is 6.61. The van der Waals surface area contributed by atoms with Gasteiger partial charge in [0, 0.05) is 13.4 Å². The van der Waals surface area contributed by atoms with Gasteiger partial charge in [0.1, 0.15) is 0 Å². The second-order valence-electron chi connectivity index (χ2n) is 3.30. The van der Waals surface area contributed by atoms with E-state index in [4.69, 9.17) is 0 Å². The Labute approximate surface area is 105 Å². The van der Waals surface area contributed by atoms with Crippen LogP contribution in [-0.4, -0.2) is 4.98 Å². The SMILES string of the molecule is Cc1nc2c(C)cccc2c(Br)c1I. The van der Waals surface area contributed by atoms with Crippen molar-refractivity contribution < 1.29 is 0 Å². The molecule has 3 heteroatoms. The molecule has 1 aromatic carbocycles. The standard InChI is InChI=1S/C11H9BrIN/c1-6-4-3-5-8-9(12)10(13)7(2)14-11(6)8/h3-5H,1-2H3. The van der Waals surface area contributed by atoms with Crippen molar-refractivity contribution in [3.05, 3.63) is 37.5 Å². The normalized spacial score (nSPS) is 10.9. The first kappa shape index (κ1) is 10.4. The van der Waals surface area contributed by atoms with Crippen LogP contribution < -0.4 is 0 Å². The van der Waals surface area contributed by atoms with Gasteiger partial charge in [0.2, 0.25) is 0 Å². The average molecular weight is 362 g/mol. The summed E-state index contributed by atoms with van der Waals surface area (Å²) in [6.07, 6.45) is 0. The van der Waals surface area contributed by atoms with Gasteiger partial charge in [-0.2, -0.15) is 0 Å². The topological polar surface area (TPSA) is 12.9 Å². The highest BCUT2D eigenvalue weighted by molar-refractivity contribution is 14.1. The maximum Gasteiger partial charge on any atom is 0.0746 e. The fourth-order valence-corrected chi connectivity index (χ4v) is 2.50. The smallest absolute Gasteiger partial charge is 0.0746 e. The first-order valence-electron chi connectivity index (χ1n) is 4.32. The molecule has 0 saturated heterocycles. The van der Waals surface area contributed by atoms with E-state index in [-0.39, 0.29) is 0 Å². The minimum atomic E-state index is 1.08. The Kier molecular flexibility index (Phi) is 2.79. The predicted molar refractivity (Wildman–Crippen MR) is 71.6 cm³/mol. The van der Waals surface area contributed by atoms with E-state index < -0.39 is 0 Å². The molecule has 0 spiro atoms. The van der Waals surface area contributed by atoms with E-state index in [2.05, 4.69) is 68.6 Å². The summed E-state index contributed by atoms with van der Waals surface area (Å²) in [6.45, 7) is 4.13. The van der Waals surface area contributed by atoms with Gasteiger partial charge in [-0.05, 0) is 57.9 Å². The van der Waals surface area contributed by atoms with Gasteiger partial charge in [-0.15, -0.1) is 0 Å². The number of nitrogens with zero attached hydrogens (tertiary/aromatic N) is 1. The van der Waals surface area contributed by atoms with E-state index in [1.54, 1.807) is 0 Å². The maximum absolute atomic E-state index is 4.60. The molecule has 72 valence electrons. The Morgan fingerprint density at radius 1 is 1.29 bits per heavy atom. The van der Waals surface area contributed by atoms with Crippen molar-refractivity contribution in [2.75, 3.05) is 0 Å². The minimum absolute atomic E-state index is 1.08. The molecule has 0 amide bonds. The molecule has 0 aliphatic heterocycles. The third-order valence-electron chi connectivity index (χ3n) is 2.26. The monoisotopic (exact) mass is 361 g/mol. The second-order valence-corrected chi connectivity index (χ2v) is 5.17. The van der Waals surface area contributed by atoms with Gasteiger partial charge in [0.25, 0.3) is 0 Å². The summed E-state index contributed by atoms with van der Waals surface area (Å²) in [7, 11) is 0. The van der Waals surface area contributed by atoms with Crippen molar-refractivity contribution in [2.24, 2.45) is 0 Å². The van der Waals surface area contributed by atoms with Crippen molar-refractivity contribution in [2.45, 2.75) is 13.8 Å². The van der Waals surface area contributed by atoms with Crippen LogP contribution in [0.4, 0.5) is 0 Å². The molecule has 2 aromatic rings. The van der Waals surface area contributed by atoms with Gasteiger partial charge >= 0.3 is 0 Å². The van der Waals surface area contributed by atoms with Crippen LogP contribution in [0, 0.1) is 17.4 Å². The summed E-state index contributed by atoms with van der Waals surface area (Å²) in [6, 6.07) is 6.25. The molecule has 0 saturated carbocycles. The molecule has 0 N–H and O–H groups in total. The van der Waals surface area contributed by atoms with E-state index in [1.807, 2.05) is 6.92 Å². The zero-order valence-corrected chi connectivity index (χ0v) is 11.7. The molecule has 0 unspecified atom stereocenters. The molecule has 14 heavy (non-hydrogen) atoms. The Morgan fingerprint density at radius 2 is 2.00 bits per heavy atom. The summed E-state index contributed by atoms with van der Waals surface area (Å²) >= 11 is 5.94. The number of aryl methyl sites for hydroxylation is 2. The number of para-hydroxylation sites is 1. The van der Waals surface area contributed by atoms with Crippen molar-refractivity contribution in [1.82, 2.24) is 4.98 Å². The fraction of sp³-hybridized carbons (Fsp3) is 0.182. The molecule has 0 radical (unpaired) electrons. The average Bonchev–Trinajstić information content (AvgIpc) is 2.17. The Bertz CT molecular complexity index is 508. The number of aromatic nitrogens is 1. The van der Waals surface area contributed by atoms with Crippen molar-refractivity contribution in [3.8, 4) is 0 Å². The van der Waals surface area contributed by atoms with Crippen LogP contribution >= 0.6 is 38.5 Å². The second kappa shape index (κ2) is 3.77. The summed E-state index contributed by atoms with van der Waals surface area (Å²) in [5.74, 6) is 0. The largest absolute Gasteiger partial charge is 0.252 e. The maximum atomic E-state index is 4.60. The summed E-state index contributed by atoms with van der Waals surface area (Å²) < 4.78 is 2.35. The zero-order valence-electron chi connectivity index (χ0n) is 7.94. The number of halogens is 2. The van der Waals surface area contributed by atoms with Gasteiger partial charge in [-0.25, -0.2) is 0 Å². The van der Waals surface area contributed by atoms with E-state index in [0.717, 1.165) is 15.7 Å². The van der Waals surface area contributed by atoms with Crippen molar-refractivity contribution in [3.63, 3.8) is 0 Å². The number of fused-ring (bicyclic) bond motifs is 1. The van der Waals surface area contributed by atoms with E-state index in [1.165, 1.54) is 14.5 Å². The van der Waals surface area contributed by atoms with E-state index >= 15 is 0 Å². The zero-order chi connectivity index (χ0) is 10.3.